The Balaban J connectivity index is 1.51. The van der Waals surface area contributed by atoms with E-state index in [0.717, 1.165) is 41.9 Å². The van der Waals surface area contributed by atoms with Gasteiger partial charge in [-0.25, -0.2) is 0 Å². The summed E-state index contributed by atoms with van der Waals surface area (Å²) in [5.41, 5.74) is 3.99. The Morgan fingerprint density at radius 1 is 0.931 bits per heavy atom. The standard InChI is InChI=1S/C28H48O/c1-18(2)8-7-9-19(3)22-12-13-24-21-10-11-23-20(4)26(29)15-17-28(23,6)25(21)14-16-27(22,24)5/h18-19,21-22,24-26,29H,7-17H2,1-6H3/t19-,21+,22-,24+,25+,26?,27-,28+/m1/s1. The zero-order valence-electron chi connectivity index (χ0n) is 20.3. The van der Waals surface area contributed by atoms with Gasteiger partial charge in [-0.15, -0.1) is 0 Å². The van der Waals surface area contributed by atoms with Gasteiger partial charge in [0.25, 0.3) is 0 Å². The predicted octanol–water partition coefficient (Wildman–Crippen LogP) is 7.78. The number of hydrogen-bond acceptors (Lipinski definition) is 1. The summed E-state index contributed by atoms with van der Waals surface area (Å²) in [6.45, 7) is 14.8. The van der Waals surface area contributed by atoms with Crippen molar-refractivity contribution in [3.8, 4) is 0 Å². The van der Waals surface area contributed by atoms with Crippen LogP contribution in [0.5, 0.6) is 0 Å². The molecule has 1 heteroatoms. The monoisotopic (exact) mass is 400 g/mol. The number of hydrogen-bond donors (Lipinski definition) is 1. The van der Waals surface area contributed by atoms with Crippen molar-refractivity contribution >= 4 is 0 Å². The second kappa shape index (κ2) is 7.99. The van der Waals surface area contributed by atoms with Crippen LogP contribution in [-0.2, 0) is 0 Å². The molecule has 0 amide bonds. The molecule has 0 bridgehead atoms. The number of aliphatic hydroxyl groups excluding tert-OH is 1. The number of rotatable bonds is 5. The molecule has 4 rings (SSSR count). The van der Waals surface area contributed by atoms with Gasteiger partial charge < -0.3 is 5.11 Å². The van der Waals surface area contributed by atoms with Crippen molar-refractivity contribution in [2.45, 2.75) is 118 Å². The van der Waals surface area contributed by atoms with Gasteiger partial charge in [0.2, 0.25) is 0 Å². The van der Waals surface area contributed by atoms with Gasteiger partial charge in [-0.1, -0.05) is 59.5 Å². The molecule has 0 aliphatic heterocycles. The van der Waals surface area contributed by atoms with Crippen molar-refractivity contribution < 1.29 is 5.11 Å². The number of aliphatic hydroxyl groups is 1. The lowest BCUT2D eigenvalue weighted by Crippen LogP contribution is -2.51. The Bertz CT molecular complexity index is 632. The maximum Gasteiger partial charge on any atom is 0.0750 e. The molecular weight excluding hydrogens is 352 g/mol. The molecule has 0 aromatic carbocycles. The van der Waals surface area contributed by atoms with Gasteiger partial charge >= 0.3 is 0 Å². The molecule has 166 valence electrons. The summed E-state index contributed by atoms with van der Waals surface area (Å²) in [5.74, 6) is 5.50. The van der Waals surface area contributed by atoms with E-state index in [1.807, 2.05) is 0 Å². The van der Waals surface area contributed by atoms with Crippen LogP contribution in [0.1, 0.15) is 112 Å². The minimum absolute atomic E-state index is 0.161. The number of fused-ring (bicyclic) bond motifs is 5. The molecular formula is C28H48O. The lowest BCUT2D eigenvalue weighted by atomic mass is 9.46. The van der Waals surface area contributed by atoms with Crippen molar-refractivity contribution in [1.82, 2.24) is 0 Å². The second-order valence-corrected chi connectivity index (χ2v) is 12.6. The lowest BCUT2D eigenvalue weighted by molar-refractivity contribution is -0.0638. The van der Waals surface area contributed by atoms with Gasteiger partial charge in [0, 0.05) is 0 Å². The van der Waals surface area contributed by atoms with Crippen LogP contribution in [0.25, 0.3) is 0 Å². The zero-order chi connectivity index (χ0) is 21.0. The summed E-state index contributed by atoms with van der Waals surface area (Å²) in [6.07, 6.45) is 14.9. The van der Waals surface area contributed by atoms with E-state index >= 15 is 0 Å². The highest BCUT2D eigenvalue weighted by molar-refractivity contribution is 5.30. The van der Waals surface area contributed by atoms with Crippen molar-refractivity contribution in [1.29, 1.82) is 0 Å². The van der Waals surface area contributed by atoms with Crippen LogP contribution in [0.2, 0.25) is 0 Å². The van der Waals surface area contributed by atoms with Gasteiger partial charge in [-0.3, -0.25) is 0 Å². The predicted molar refractivity (Wildman–Crippen MR) is 124 cm³/mol. The first-order valence-electron chi connectivity index (χ1n) is 13.1. The molecule has 0 aromatic heterocycles. The number of allylic oxidation sites excluding steroid dienone is 1. The summed E-state index contributed by atoms with van der Waals surface area (Å²) < 4.78 is 0. The first-order valence-corrected chi connectivity index (χ1v) is 13.1. The van der Waals surface area contributed by atoms with Crippen LogP contribution in [0.4, 0.5) is 0 Å². The van der Waals surface area contributed by atoms with E-state index < -0.39 is 0 Å². The third kappa shape index (κ3) is 3.56. The fourth-order valence-electron chi connectivity index (χ4n) is 9.16. The highest BCUT2D eigenvalue weighted by Gasteiger charge is 2.59. The van der Waals surface area contributed by atoms with Gasteiger partial charge in [-0.05, 0) is 110 Å². The van der Waals surface area contributed by atoms with Crippen molar-refractivity contribution in [3.05, 3.63) is 11.1 Å². The minimum atomic E-state index is -0.161. The quantitative estimate of drug-likeness (QED) is 0.467. The van der Waals surface area contributed by atoms with E-state index in [4.69, 9.17) is 0 Å². The third-order valence-corrected chi connectivity index (χ3v) is 10.8. The smallest absolute Gasteiger partial charge is 0.0750 e. The van der Waals surface area contributed by atoms with Gasteiger partial charge in [0.1, 0.15) is 0 Å². The summed E-state index contributed by atoms with van der Waals surface area (Å²) in [7, 11) is 0. The molecule has 4 aliphatic rings. The minimum Gasteiger partial charge on any atom is -0.389 e. The van der Waals surface area contributed by atoms with Crippen LogP contribution in [0.15, 0.2) is 11.1 Å². The highest BCUT2D eigenvalue weighted by Crippen LogP contribution is 2.68. The lowest BCUT2D eigenvalue weighted by Gasteiger charge is -2.59. The van der Waals surface area contributed by atoms with Gasteiger partial charge in [0.15, 0.2) is 0 Å². The molecule has 3 saturated carbocycles. The molecule has 1 unspecified atom stereocenters. The first-order chi connectivity index (χ1) is 13.7. The van der Waals surface area contributed by atoms with E-state index in [9.17, 15) is 5.11 Å². The Hall–Kier alpha value is -0.300. The van der Waals surface area contributed by atoms with E-state index in [0.29, 0.717) is 10.8 Å². The third-order valence-electron chi connectivity index (χ3n) is 10.8. The fourth-order valence-corrected chi connectivity index (χ4v) is 9.16. The normalized spacial score (nSPS) is 45.7. The Labute approximate surface area is 181 Å². The largest absolute Gasteiger partial charge is 0.389 e. The van der Waals surface area contributed by atoms with Crippen LogP contribution < -0.4 is 0 Å². The Kier molecular flexibility index (Phi) is 6.04. The molecule has 1 N–H and O–H groups in total. The SMILES string of the molecule is CC1=C2CC[C@H]3[C@@H]4CC[C@H]([C@H](C)CCCC(C)C)[C@@]4(C)CC[C@@H]3[C@@]2(C)CCC1O. The molecule has 4 aliphatic carbocycles. The molecule has 0 heterocycles. The Morgan fingerprint density at radius 3 is 2.41 bits per heavy atom. The topological polar surface area (TPSA) is 20.2 Å². The van der Waals surface area contributed by atoms with Crippen molar-refractivity contribution in [2.24, 2.45) is 46.3 Å². The molecule has 0 aromatic rings. The van der Waals surface area contributed by atoms with E-state index in [1.165, 1.54) is 69.8 Å². The van der Waals surface area contributed by atoms with Gasteiger partial charge in [-0.2, -0.15) is 0 Å². The van der Waals surface area contributed by atoms with Gasteiger partial charge in [0.05, 0.1) is 6.10 Å². The first kappa shape index (κ1) is 21.9. The summed E-state index contributed by atoms with van der Waals surface area (Å²) >= 11 is 0. The van der Waals surface area contributed by atoms with Crippen LogP contribution in [-0.4, -0.2) is 11.2 Å². The Morgan fingerprint density at radius 2 is 1.69 bits per heavy atom. The second-order valence-electron chi connectivity index (χ2n) is 12.6. The molecule has 1 nitrogen and oxygen atoms in total. The average molecular weight is 401 g/mol. The van der Waals surface area contributed by atoms with E-state index in [1.54, 1.807) is 5.57 Å². The maximum atomic E-state index is 10.5. The van der Waals surface area contributed by atoms with Crippen LogP contribution in [0, 0.1) is 46.3 Å². The van der Waals surface area contributed by atoms with Crippen LogP contribution in [0.3, 0.4) is 0 Å². The summed E-state index contributed by atoms with van der Waals surface area (Å²) in [6, 6.07) is 0. The molecule has 3 fully saturated rings. The van der Waals surface area contributed by atoms with Crippen molar-refractivity contribution in [3.63, 3.8) is 0 Å². The summed E-state index contributed by atoms with van der Waals surface area (Å²) in [5, 5.41) is 10.5. The molecule has 0 spiro atoms. The van der Waals surface area contributed by atoms with E-state index in [2.05, 4.69) is 41.5 Å². The molecule has 8 atom stereocenters. The highest BCUT2D eigenvalue weighted by atomic mass is 16.3. The zero-order valence-corrected chi connectivity index (χ0v) is 20.3. The van der Waals surface area contributed by atoms with E-state index in [-0.39, 0.29) is 6.10 Å². The maximum absolute atomic E-state index is 10.5. The van der Waals surface area contributed by atoms with Crippen LogP contribution >= 0.6 is 0 Å². The fraction of sp³-hybridized carbons (Fsp3) is 0.929. The molecule has 29 heavy (non-hydrogen) atoms. The summed E-state index contributed by atoms with van der Waals surface area (Å²) in [4.78, 5) is 0. The molecule has 0 saturated heterocycles. The van der Waals surface area contributed by atoms with Crippen molar-refractivity contribution in [2.75, 3.05) is 0 Å². The average Bonchev–Trinajstić information content (AvgIpc) is 3.02. The molecule has 0 radical (unpaired) electrons.